The van der Waals surface area contributed by atoms with E-state index < -0.39 is 6.10 Å². The Morgan fingerprint density at radius 1 is 1.42 bits per heavy atom. The Labute approximate surface area is 139 Å². The fourth-order valence-corrected chi connectivity index (χ4v) is 2.85. The third kappa shape index (κ3) is 3.33. The van der Waals surface area contributed by atoms with E-state index in [1.54, 1.807) is 35.0 Å². The standard InChI is InChI=1S/C16H21N5O3/c1-20-13(4-5-19-20)14(22)10-18-15(23)11-8-12(17-9-11)16(24)21-6-2-3-7-21/h4-5,8-9,14,17,22H,2-3,6-7,10H2,1H3,(H,18,23). The molecule has 1 unspecified atom stereocenters. The van der Waals surface area contributed by atoms with Gasteiger partial charge in [0.1, 0.15) is 11.8 Å². The molecule has 0 aliphatic carbocycles. The highest BCUT2D eigenvalue weighted by atomic mass is 16.3. The van der Waals surface area contributed by atoms with E-state index in [1.165, 1.54) is 6.20 Å². The van der Waals surface area contributed by atoms with Gasteiger partial charge in [0.15, 0.2) is 0 Å². The Kier molecular flexibility index (Phi) is 4.66. The highest BCUT2D eigenvalue weighted by Crippen LogP contribution is 2.14. The molecule has 8 heteroatoms. The number of aliphatic hydroxyl groups excluding tert-OH is 1. The van der Waals surface area contributed by atoms with Crippen LogP contribution < -0.4 is 5.32 Å². The zero-order chi connectivity index (χ0) is 17.1. The van der Waals surface area contributed by atoms with Gasteiger partial charge in [0.25, 0.3) is 11.8 Å². The second-order valence-corrected chi connectivity index (χ2v) is 5.91. The molecule has 0 spiro atoms. The van der Waals surface area contributed by atoms with Crippen molar-refractivity contribution < 1.29 is 14.7 Å². The van der Waals surface area contributed by atoms with Crippen molar-refractivity contribution in [3.63, 3.8) is 0 Å². The Morgan fingerprint density at radius 2 is 2.17 bits per heavy atom. The summed E-state index contributed by atoms with van der Waals surface area (Å²) in [5.41, 5.74) is 1.40. The number of carbonyl (C=O) groups is 2. The molecule has 1 aliphatic heterocycles. The van der Waals surface area contributed by atoms with Crippen molar-refractivity contribution in [1.82, 2.24) is 25.0 Å². The number of rotatable bonds is 5. The molecule has 0 radical (unpaired) electrons. The molecule has 3 rings (SSSR count). The molecule has 2 amide bonds. The minimum absolute atomic E-state index is 0.0684. The molecule has 1 atom stereocenters. The van der Waals surface area contributed by atoms with Crippen LogP contribution >= 0.6 is 0 Å². The summed E-state index contributed by atoms with van der Waals surface area (Å²) in [4.78, 5) is 29.1. The molecule has 1 fully saturated rings. The number of aromatic amines is 1. The van der Waals surface area contributed by atoms with E-state index in [9.17, 15) is 14.7 Å². The molecule has 0 bridgehead atoms. The van der Waals surface area contributed by atoms with E-state index in [2.05, 4.69) is 15.4 Å². The van der Waals surface area contributed by atoms with Crippen LogP contribution in [0, 0.1) is 0 Å². The van der Waals surface area contributed by atoms with Crippen LogP contribution in [0.4, 0.5) is 0 Å². The van der Waals surface area contributed by atoms with Crippen LogP contribution in [0.3, 0.4) is 0 Å². The minimum atomic E-state index is -0.842. The van der Waals surface area contributed by atoms with E-state index in [0.717, 1.165) is 25.9 Å². The minimum Gasteiger partial charge on any atom is -0.385 e. The lowest BCUT2D eigenvalue weighted by Crippen LogP contribution is -2.29. The molecular formula is C16H21N5O3. The number of aliphatic hydroxyl groups is 1. The number of aromatic nitrogens is 3. The summed E-state index contributed by atoms with van der Waals surface area (Å²) < 4.78 is 1.56. The van der Waals surface area contributed by atoms with Crippen molar-refractivity contribution in [2.45, 2.75) is 18.9 Å². The first-order chi connectivity index (χ1) is 11.6. The van der Waals surface area contributed by atoms with Crippen molar-refractivity contribution in [3.05, 3.63) is 41.5 Å². The summed E-state index contributed by atoms with van der Waals surface area (Å²) in [5, 5.41) is 16.7. The number of hydrogen-bond donors (Lipinski definition) is 3. The SMILES string of the molecule is Cn1nccc1C(O)CNC(=O)c1c[nH]c(C(=O)N2CCCC2)c1. The molecule has 128 valence electrons. The van der Waals surface area contributed by atoms with E-state index in [4.69, 9.17) is 0 Å². The maximum absolute atomic E-state index is 12.3. The maximum atomic E-state index is 12.3. The Balaban J connectivity index is 1.57. The number of amides is 2. The number of nitrogens with one attached hydrogen (secondary N) is 2. The summed E-state index contributed by atoms with van der Waals surface area (Å²) in [5.74, 6) is -0.422. The second-order valence-electron chi connectivity index (χ2n) is 5.91. The van der Waals surface area contributed by atoms with Gasteiger partial charge in [-0.3, -0.25) is 14.3 Å². The van der Waals surface area contributed by atoms with Gasteiger partial charge in [0, 0.05) is 39.1 Å². The number of likely N-dealkylation sites (tertiary alicyclic amines) is 1. The molecule has 24 heavy (non-hydrogen) atoms. The topological polar surface area (TPSA) is 103 Å². The zero-order valence-corrected chi connectivity index (χ0v) is 13.5. The molecular weight excluding hydrogens is 310 g/mol. The van der Waals surface area contributed by atoms with Crippen molar-refractivity contribution >= 4 is 11.8 Å². The molecule has 2 aromatic heterocycles. The lowest BCUT2D eigenvalue weighted by atomic mass is 10.2. The lowest BCUT2D eigenvalue weighted by molar-refractivity contribution is 0.0787. The van der Waals surface area contributed by atoms with E-state index in [1.807, 2.05) is 0 Å². The highest BCUT2D eigenvalue weighted by Gasteiger charge is 2.22. The van der Waals surface area contributed by atoms with Gasteiger partial charge in [-0.2, -0.15) is 5.10 Å². The van der Waals surface area contributed by atoms with Crippen molar-refractivity contribution in [1.29, 1.82) is 0 Å². The van der Waals surface area contributed by atoms with Gasteiger partial charge in [0.2, 0.25) is 0 Å². The molecule has 3 N–H and O–H groups in total. The van der Waals surface area contributed by atoms with Gasteiger partial charge in [0.05, 0.1) is 11.3 Å². The first-order valence-electron chi connectivity index (χ1n) is 7.98. The van der Waals surface area contributed by atoms with Crippen LogP contribution in [0.15, 0.2) is 24.5 Å². The van der Waals surface area contributed by atoms with Gasteiger partial charge < -0.3 is 20.3 Å². The zero-order valence-electron chi connectivity index (χ0n) is 13.5. The van der Waals surface area contributed by atoms with E-state index in [0.29, 0.717) is 17.0 Å². The maximum Gasteiger partial charge on any atom is 0.270 e. The Hall–Kier alpha value is -2.61. The first-order valence-corrected chi connectivity index (χ1v) is 7.98. The van der Waals surface area contributed by atoms with Crippen LogP contribution in [0.5, 0.6) is 0 Å². The number of H-pyrrole nitrogens is 1. The monoisotopic (exact) mass is 331 g/mol. The fourth-order valence-electron chi connectivity index (χ4n) is 2.85. The van der Waals surface area contributed by atoms with Gasteiger partial charge in [-0.25, -0.2) is 0 Å². The van der Waals surface area contributed by atoms with E-state index >= 15 is 0 Å². The number of aryl methyl sites for hydroxylation is 1. The summed E-state index contributed by atoms with van der Waals surface area (Å²) in [6.07, 6.45) is 4.29. The van der Waals surface area contributed by atoms with Crippen LogP contribution in [0.2, 0.25) is 0 Å². The van der Waals surface area contributed by atoms with Crippen LogP contribution in [-0.2, 0) is 7.05 Å². The summed E-state index contributed by atoms with van der Waals surface area (Å²) >= 11 is 0. The van der Waals surface area contributed by atoms with Gasteiger partial charge in [-0.05, 0) is 25.0 Å². The quantitative estimate of drug-likeness (QED) is 0.740. The van der Waals surface area contributed by atoms with E-state index in [-0.39, 0.29) is 18.4 Å². The van der Waals surface area contributed by atoms with Crippen LogP contribution in [0.25, 0.3) is 0 Å². The molecule has 0 aromatic carbocycles. The average Bonchev–Trinajstić information content (AvgIpc) is 3.31. The predicted octanol–water partition coefficient (Wildman–Crippen LogP) is 0.448. The average molecular weight is 331 g/mol. The molecule has 2 aromatic rings. The first kappa shape index (κ1) is 16.3. The third-order valence-electron chi connectivity index (χ3n) is 4.23. The summed E-state index contributed by atoms with van der Waals surface area (Å²) in [6.45, 7) is 1.59. The predicted molar refractivity (Wildman–Crippen MR) is 86.4 cm³/mol. The number of hydrogen-bond acceptors (Lipinski definition) is 4. The van der Waals surface area contributed by atoms with Crippen molar-refractivity contribution in [2.75, 3.05) is 19.6 Å². The third-order valence-corrected chi connectivity index (χ3v) is 4.23. The van der Waals surface area contributed by atoms with Crippen LogP contribution in [-0.4, -0.2) is 56.2 Å². The summed E-state index contributed by atoms with van der Waals surface area (Å²) in [6, 6.07) is 3.24. The smallest absolute Gasteiger partial charge is 0.270 e. The van der Waals surface area contributed by atoms with Crippen molar-refractivity contribution in [3.8, 4) is 0 Å². The molecule has 8 nitrogen and oxygen atoms in total. The fraction of sp³-hybridized carbons (Fsp3) is 0.438. The lowest BCUT2D eigenvalue weighted by Gasteiger charge is -2.13. The summed E-state index contributed by atoms with van der Waals surface area (Å²) in [7, 11) is 1.72. The van der Waals surface area contributed by atoms with Gasteiger partial charge >= 0.3 is 0 Å². The second kappa shape index (κ2) is 6.88. The number of carbonyl (C=O) groups excluding carboxylic acids is 2. The van der Waals surface area contributed by atoms with Gasteiger partial charge in [-0.1, -0.05) is 0 Å². The van der Waals surface area contributed by atoms with Gasteiger partial charge in [-0.15, -0.1) is 0 Å². The molecule has 1 saturated heterocycles. The highest BCUT2D eigenvalue weighted by molar-refractivity contribution is 5.99. The largest absolute Gasteiger partial charge is 0.385 e. The Bertz CT molecular complexity index is 730. The normalized spacial score (nSPS) is 15.5. The van der Waals surface area contributed by atoms with Crippen molar-refractivity contribution in [2.24, 2.45) is 7.05 Å². The molecule has 1 aliphatic rings. The molecule has 3 heterocycles. The molecule has 0 saturated carbocycles. The Morgan fingerprint density at radius 3 is 2.83 bits per heavy atom. The number of nitrogens with zero attached hydrogens (tertiary/aromatic N) is 3. The van der Waals surface area contributed by atoms with Crippen LogP contribution in [0.1, 0.15) is 45.5 Å².